The maximum Gasteiger partial charge on any atom is 0.286 e. The Kier molecular flexibility index (Phi) is 4.43. The van der Waals surface area contributed by atoms with E-state index in [9.17, 15) is 15.3 Å². The highest BCUT2D eigenvalue weighted by Crippen LogP contribution is 2.13. The number of guanidine groups is 1. The average Bonchev–Trinajstić information content (AvgIpc) is 2.38. The minimum atomic E-state index is -0.722. The zero-order chi connectivity index (χ0) is 15.6. The molecular formula is C11H15ClN6O3. The van der Waals surface area contributed by atoms with Crippen LogP contribution >= 0.6 is 11.6 Å². The third-order valence-corrected chi connectivity index (χ3v) is 3.26. The molecule has 9 nitrogen and oxygen atoms in total. The number of aromatic nitrogens is 1. The average molecular weight is 315 g/mol. The molecule has 0 radical (unpaired) electrons. The lowest BCUT2D eigenvalue weighted by molar-refractivity contribution is -0.603. The van der Waals surface area contributed by atoms with Crippen LogP contribution in [0.2, 0.25) is 5.15 Å². The molecule has 0 aromatic carbocycles. The second-order valence-corrected chi connectivity index (χ2v) is 5.25. The van der Waals surface area contributed by atoms with Crippen molar-refractivity contribution in [3.8, 4) is 0 Å². The summed E-state index contributed by atoms with van der Waals surface area (Å²) in [4.78, 5) is 16.0. The number of hydrogen-bond donors (Lipinski definition) is 0. The Morgan fingerprint density at radius 2 is 2.14 bits per heavy atom. The first-order valence-electron chi connectivity index (χ1n) is 6.12. The van der Waals surface area contributed by atoms with Crippen LogP contribution in [0.4, 0.5) is 0 Å². The number of hydrogen-bond acceptors (Lipinski definition) is 4. The normalized spacial score (nSPS) is 18.3. The molecular weight excluding hydrogens is 300 g/mol. The summed E-state index contributed by atoms with van der Waals surface area (Å²) >= 11 is 5.67. The van der Waals surface area contributed by atoms with Gasteiger partial charge in [0.1, 0.15) is 5.10 Å². The Labute approximate surface area is 126 Å². The van der Waals surface area contributed by atoms with Gasteiger partial charge in [-0.25, -0.2) is 10.1 Å². The second kappa shape index (κ2) is 6.10. The number of nitrogens with zero attached hydrogens (tertiary/aromatic N) is 6. The summed E-state index contributed by atoms with van der Waals surface area (Å²) in [5.41, 5.74) is 0.689. The van der Waals surface area contributed by atoms with Gasteiger partial charge in [0.2, 0.25) is 0 Å². The molecule has 0 unspecified atom stereocenters. The Morgan fingerprint density at radius 1 is 1.43 bits per heavy atom. The van der Waals surface area contributed by atoms with Gasteiger partial charge >= 0.3 is 0 Å². The third kappa shape index (κ3) is 3.70. The fraction of sp³-hybridized carbons (Fsp3) is 0.455. The topological polar surface area (TPSA) is 92.2 Å². The summed E-state index contributed by atoms with van der Waals surface area (Å²) in [6, 6.07) is 3.20. The lowest BCUT2D eigenvalue weighted by atomic mass is 10.2. The van der Waals surface area contributed by atoms with Crippen LogP contribution in [0.1, 0.15) is 5.56 Å². The van der Waals surface area contributed by atoms with E-state index < -0.39 is 5.03 Å². The highest BCUT2D eigenvalue weighted by Gasteiger charge is 2.27. The molecule has 10 heteroatoms. The quantitative estimate of drug-likeness (QED) is 0.259. The molecule has 0 atom stereocenters. The number of rotatable bonds is 3. The first kappa shape index (κ1) is 15.3. The molecule has 21 heavy (non-hydrogen) atoms. The third-order valence-electron chi connectivity index (χ3n) is 2.96. The summed E-state index contributed by atoms with van der Waals surface area (Å²) in [5, 5.41) is 24.9. The molecule has 0 bridgehead atoms. The Morgan fingerprint density at radius 3 is 2.76 bits per heavy atom. The number of hydrazone groups is 1. The Balaban J connectivity index is 2.25. The Hall–Kier alpha value is -2.13. The lowest BCUT2D eigenvalue weighted by Crippen LogP contribution is -2.56. The smallest absolute Gasteiger partial charge is 0.286 e. The van der Waals surface area contributed by atoms with E-state index in [4.69, 9.17) is 11.6 Å². The van der Waals surface area contributed by atoms with E-state index in [-0.39, 0.29) is 11.1 Å². The maximum absolute atomic E-state index is 11.5. The molecule has 0 aliphatic carbocycles. The second-order valence-electron chi connectivity index (χ2n) is 4.86. The molecule has 1 aromatic heterocycles. The Bertz CT molecular complexity index is 581. The van der Waals surface area contributed by atoms with E-state index in [2.05, 4.69) is 5.10 Å². The van der Waals surface area contributed by atoms with Gasteiger partial charge in [-0.15, -0.1) is 0 Å². The van der Waals surface area contributed by atoms with Gasteiger partial charge in [0, 0.05) is 18.7 Å². The number of nitro groups is 1. The predicted octanol–water partition coefficient (Wildman–Crippen LogP) is 0.115. The SMILES string of the molecule is CN1CN(C)/C(=N\[N+](=O)[O-])N(Cc2ccc(Cl)[n+]([O-])c2)C1. The van der Waals surface area contributed by atoms with Gasteiger partial charge < -0.3 is 15.0 Å². The van der Waals surface area contributed by atoms with Crippen molar-refractivity contribution in [2.45, 2.75) is 6.54 Å². The molecule has 1 aliphatic rings. The molecule has 114 valence electrons. The van der Waals surface area contributed by atoms with Crippen LogP contribution in [0.25, 0.3) is 0 Å². The van der Waals surface area contributed by atoms with Gasteiger partial charge in [0.25, 0.3) is 11.1 Å². The summed E-state index contributed by atoms with van der Waals surface area (Å²) in [6.07, 6.45) is 1.35. The van der Waals surface area contributed by atoms with Crippen molar-refractivity contribution < 1.29 is 9.76 Å². The first-order chi connectivity index (χ1) is 9.86. The molecule has 1 aliphatic heterocycles. The summed E-state index contributed by atoms with van der Waals surface area (Å²) < 4.78 is 0.554. The van der Waals surface area contributed by atoms with Gasteiger partial charge in [-0.1, -0.05) is 0 Å². The lowest BCUT2D eigenvalue weighted by Gasteiger charge is -2.40. The van der Waals surface area contributed by atoms with E-state index in [1.807, 2.05) is 11.9 Å². The highest BCUT2D eigenvalue weighted by atomic mass is 35.5. The zero-order valence-corrected chi connectivity index (χ0v) is 12.4. The van der Waals surface area contributed by atoms with Crippen LogP contribution in [-0.2, 0) is 6.54 Å². The minimum Gasteiger partial charge on any atom is -0.618 e. The van der Waals surface area contributed by atoms with Crippen molar-refractivity contribution in [1.82, 2.24) is 14.7 Å². The molecule has 2 heterocycles. The van der Waals surface area contributed by atoms with E-state index in [1.165, 1.54) is 12.3 Å². The van der Waals surface area contributed by atoms with Crippen molar-refractivity contribution in [3.05, 3.63) is 44.4 Å². The van der Waals surface area contributed by atoms with Crippen LogP contribution in [0.3, 0.4) is 0 Å². The highest BCUT2D eigenvalue weighted by molar-refractivity contribution is 6.28. The fourth-order valence-corrected chi connectivity index (χ4v) is 2.33. The molecule has 1 fully saturated rings. The molecule has 1 saturated heterocycles. The van der Waals surface area contributed by atoms with Crippen molar-refractivity contribution in [1.29, 1.82) is 0 Å². The summed E-state index contributed by atoms with van der Waals surface area (Å²) in [7, 11) is 3.61. The van der Waals surface area contributed by atoms with Crippen molar-refractivity contribution in [2.24, 2.45) is 5.10 Å². The molecule has 0 N–H and O–H groups in total. The largest absolute Gasteiger partial charge is 0.618 e. The van der Waals surface area contributed by atoms with E-state index in [0.717, 1.165) is 0 Å². The van der Waals surface area contributed by atoms with Crippen LogP contribution in [-0.4, -0.2) is 53.1 Å². The molecule has 2 rings (SSSR count). The molecule has 0 amide bonds. The summed E-state index contributed by atoms with van der Waals surface area (Å²) in [5.74, 6) is 0.255. The molecule has 0 saturated carbocycles. The monoisotopic (exact) mass is 314 g/mol. The standard InChI is InChI=1S/C11H15ClN6O3/c1-14-7-15(2)11(13-18(20)21)16(8-14)5-9-3-4-10(12)17(19)6-9/h3-4,6H,5,7-8H2,1-2H3/b13-11+. The number of pyridine rings is 1. The van der Waals surface area contributed by atoms with Crippen molar-refractivity contribution in [3.63, 3.8) is 0 Å². The van der Waals surface area contributed by atoms with E-state index in [1.54, 1.807) is 22.9 Å². The van der Waals surface area contributed by atoms with Crippen molar-refractivity contribution >= 4 is 17.6 Å². The van der Waals surface area contributed by atoms with Gasteiger partial charge in [-0.05, 0) is 24.7 Å². The zero-order valence-electron chi connectivity index (χ0n) is 11.6. The molecule has 0 spiro atoms. The van der Waals surface area contributed by atoms with Crippen LogP contribution in [0.15, 0.2) is 23.4 Å². The van der Waals surface area contributed by atoms with Crippen molar-refractivity contribution in [2.75, 3.05) is 27.4 Å². The number of halogens is 1. The van der Waals surface area contributed by atoms with Gasteiger partial charge in [0.05, 0.1) is 19.9 Å². The van der Waals surface area contributed by atoms with Gasteiger partial charge in [0.15, 0.2) is 11.2 Å². The van der Waals surface area contributed by atoms with Crippen LogP contribution in [0, 0.1) is 15.3 Å². The molecule has 1 aromatic rings. The van der Waals surface area contributed by atoms with E-state index in [0.29, 0.717) is 30.2 Å². The van der Waals surface area contributed by atoms with Crippen LogP contribution in [0.5, 0.6) is 0 Å². The maximum atomic E-state index is 11.5. The minimum absolute atomic E-state index is 0.0748. The fourth-order valence-electron chi connectivity index (χ4n) is 2.22. The summed E-state index contributed by atoms with van der Waals surface area (Å²) in [6.45, 7) is 1.32. The van der Waals surface area contributed by atoms with Gasteiger partial charge in [-0.2, -0.15) is 4.73 Å². The van der Waals surface area contributed by atoms with Crippen LogP contribution < -0.4 is 4.73 Å². The van der Waals surface area contributed by atoms with Gasteiger partial charge in [-0.3, -0.25) is 4.90 Å². The predicted molar refractivity (Wildman–Crippen MR) is 75.6 cm³/mol. The van der Waals surface area contributed by atoms with E-state index >= 15 is 0 Å². The first-order valence-corrected chi connectivity index (χ1v) is 6.50.